The molecule has 0 spiro atoms. The zero-order valence-electron chi connectivity index (χ0n) is 11.6. The summed E-state index contributed by atoms with van der Waals surface area (Å²) in [5.41, 5.74) is 6.71. The normalized spacial score (nSPS) is 11.9. The van der Waals surface area contributed by atoms with Gasteiger partial charge in [0.1, 0.15) is 11.8 Å². The predicted molar refractivity (Wildman–Crippen MR) is 82.2 cm³/mol. The Morgan fingerprint density at radius 3 is 2.81 bits per heavy atom. The van der Waals surface area contributed by atoms with Crippen LogP contribution in [0.15, 0.2) is 29.6 Å². The molecule has 7 heteroatoms. The molecular formula is C14H17N3O3S. The number of hydrogen-bond acceptors (Lipinski definition) is 6. The summed E-state index contributed by atoms with van der Waals surface area (Å²) in [6, 6.07) is 6.40. The van der Waals surface area contributed by atoms with Crippen molar-refractivity contribution in [3.63, 3.8) is 0 Å². The summed E-state index contributed by atoms with van der Waals surface area (Å²) in [5, 5.41) is 14.2. The van der Waals surface area contributed by atoms with Crippen LogP contribution < -0.4 is 15.8 Å². The highest BCUT2D eigenvalue weighted by Crippen LogP contribution is 2.24. The molecule has 1 aromatic heterocycles. The molecule has 2 aromatic rings. The lowest BCUT2D eigenvalue weighted by Gasteiger charge is -2.06. The summed E-state index contributed by atoms with van der Waals surface area (Å²) in [7, 11) is 0. The summed E-state index contributed by atoms with van der Waals surface area (Å²) in [6.45, 7) is 2.74. The van der Waals surface area contributed by atoms with Crippen LogP contribution in [0, 0.1) is 0 Å². The van der Waals surface area contributed by atoms with E-state index < -0.39 is 12.0 Å². The number of ether oxygens (including phenoxy) is 1. The molecule has 0 aliphatic rings. The zero-order valence-corrected chi connectivity index (χ0v) is 12.4. The van der Waals surface area contributed by atoms with E-state index in [-0.39, 0.29) is 0 Å². The lowest BCUT2D eigenvalue weighted by atomic mass is 10.2. The molecule has 0 amide bonds. The van der Waals surface area contributed by atoms with Gasteiger partial charge in [0, 0.05) is 11.1 Å². The maximum Gasteiger partial charge on any atom is 0.326 e. The van der Waals surface area contributed by atoms with Crippen molar-refractivity contribution in [3.8, 4) is 5.75 Å². The van der Waals surface area contributed by atoms with Gasteiger partial charge < -0.3 is 20.9 Å². The van der Waals surface area contributed by atoms with Crippen LogP contribution in [-0.4, -0.2) is 22.7 Å². The molecule has 0 saturated carbocycles. The van der Waals surface area contributed by atoms with Gasteiger partial charge in [-0.15, -0.1) is 11.3 Å². The minimum absolute atomic E-state index is 0.345. The summed E-state index contributed by atoms with van der Waals surface area (Å²) in [6.07, 6.45) is 0.964. The number of nitrogens with one attached hydrogen (secondary N) is 1. The molecule has 0 radical (unpaired) electrons. The highest BCUT2D eigenvalue weighted by Gasteiger charge is 2.17. The minimum Gasteiger partial charge on any atom is -0.494 e. The summed E-state index contributed by atoms with van der Waals surface area (Å²) in [5.74, 6) is -0.278. The van der Waals surface area contributed by atoms with E-state index in [0.717, 1.165) is 17.9 Å². The highest BCUT2D eigenvalue weighted by molar-refractivity contribution is 7.13. The fraction of sp³-hybridized carbons (Fsp3) is 0.286. The average Bonchev–Trinajstić information content (AvgIpc) is 2.94. The molecular weight excluding hydrogens is 290 g/mol. The summed E-state index contributed by atoms with van der Waals surface area (Å²) < 4.78 is 5.50. The Hall–Kier alpha value is -2.12. The smallest absolute Gasteiger partial charge is 0.326 e. The van der Waals surface area contributed by atoms with Crippen LogP contribution in [0.5, 0.6) is 5.75 Å². The molecule has 0 bridgehead atoms. The number of carboxylic acids is 1. The van der Waals surface area contributed by atoms with E-state index in [1.807, 2.05) is 24.3 Å². The Kier molecular flexibility index (Phi) is 5.13. The van der Waals surface area contributed by atoms with E-state index in [1.165, 1.54) is 11.3 Å². The number of hydrogen-bond donors (Lipinski definition) is 3. The van der Waals surface area contributed by atoms with Crippen LogP contribution in [-0.2, 0) is 4.79 Å². The van der Waals surface area contributed by atoms with E-state index in [1.54, 1.807) is 5.38 Å². The van der Waals surface area contributed by atoms with Crippen molar-refractivity contribution < 1.29 is 14.6 Å². The average molecular weight is 307 g/mol. The van der Waals surface area contributed by atoms with Crippen LogP contribution in [0.2, 0.25) is 0 Å². The number of thiazole rings is 1. The molecule has 2 rings (SSSR count). The van der Waals surface area contributed by atoms with Gasteiger partial charge in [-0.1, -0.05) is 6.92 Å². The Labute approximate surface area is 126 Å². The van der Waals surface area contributed by atoms with Gasteiger partial charge >= 0.3 is 5.97 Å². The highest BCUT2D eigenvalue weighted by atomic mass is 32.1. The van der Waals surface area contributed by atoms with Gasteiger partial charge in [0.25, 0.3) is 0 Å². The first-order valence-electron chi connectivity index (χ1n) is 6.54. The monoisotopic (exact) mass is 307 g/mol. The van der Waals surface area contributed by atoms with E-state index in [0.29, 0.717) is 17.4 Å². The third-order valence-electron chi connectivity index (χ3n) is 2.69. The molecule has 0 aliphatic carbocycles. The van der Waals surface area contributed by atoms with Gasteiger partial charge in [-0.2, -0.15) is 0 Å². The van der Waals surface area contributed by atoms with Crippen molar-refractivity contribution in [3.05, 3.63) is 35.3 Å². The maximum atomic E-state index is 10.8. The number of nitrogens with zero attached hydrogens (tertiary/aromatic N) is 1. The van der Waals surface area contributed by atoms with Crippen LogP contribution in [0.1, 0.15) is 25.1 Å². The Morgan fingerprint density at radius 2 is 2.19 bits per heavy atom. The Bertz CT molecular complexity index is 598. The Morgan fingerprint density at radius 1 is 1.48 bits per heavy atom. The molecule has 0 saturated heterocycles. The molecule has 4 N–H and O–H groups in total. The summed E-state index contributed by atoms with van der Waals surface area (Å²) >= 11 is 1.31. The number of carbonyl (C=O) groups is 1. The van der Waals surface area contributed by atoms with Gasteiger partial charge in [0.15, 0.2) is 5.13 Å². The van der Waals surface area contributed by atoms with E-state index in [2.05, 4.69) is 17.2 Å². The number of aliphatic carboxylic acids is 1. The second-order valence-corrected chi connectivity index (χ2v) is 5.25. The molecule has 1 aromatic carbocycles. The predicted octanol–water partition coefficient (Wildman–Crippen LogP) is 2.76. The fourth-order valence-electron chi connectivity index (χ4n) is 1.59. The number of rotatable bonds is 7. The number of anilines is 2. The van der Waals surface area contributed by atoms with Crippen molar-refractivity contribution in [2.24, 2.45) is 5.73 Å². The van der Waals surface area contributed by atoms with Crippen LogP contribution >= 0.6 is 11.3 Å². The third-order valence-corrected chi connectivity index (χ3v) is 3.46. The molecule has 1 heterocycles. The van der Waals surface area contributed by atoms with Crippen LogP contribution in [0.4, 0.5) is 10.8 Å². The van der Waals surface area contributed by atoms with Gasteiger partial charge in [-0.05, 0) is 30.7 Å². The number of carboxylic acid groups (broad SMARTS) is 1. The quantitative estimate of drug-likeness (QED) is 0.727. The first kappa shape index (κ1) is 15.3. The number of aromatic nitrogens is 1. The molecule has 1 atom stereocenters. The molecule has 0 aliphatic heterocycles. The molecule has 1 unspecified atom stereocenters. The molecule has 112 valence electrons. The second kappa shape index (κ2) is 7.05. The van der Waals surface area contributed by atoms with Gasteiger partial charge in [-0.3, -0.25) is 4.79 Å². The SMILES string of the molecule is CCCOc1ccc(Nc2nc(C(N)C(=O)O)cs2)cc1. The van der Waals surface area contributed by atoms with Crippen molar-refractivity contribution in [2.45, 2.75) is 19.4 Å². The van der Waals surface area contributed by atoms with E-state index >= 15 is 0 Å². The molecule has 0 fully saturated rings. The van der Waals surface area contributed by atoms with Crippen LogP contribution in [0.25, 0.3) is 0 Å². The van der Waals surface area contributed by atoms with Crippen molar-refractivity contribution in [1.82, 2.24) is 4.98 Å². The lowest BCUT2D eigenvalue weighted by molar-refractivity contribution is -0.138. The standard InChI is InChI=1S/C14H17N3O3S/c1-2-7-20-10-5-3-9(4-6-10)16-14-17-11(8-21-14)12(15)13(18)19/h3-6,8,12H,2,7,15H2,1H3,(H,16,17)(H,18,19). The van der Waals surface area contributed by atoms with Crippen molar-refractivity contribution in [1.29, 1.82) is 0 Å². The third kappa shape index (κ3) is 4.17. The minimum atomic E-state index is -1.10. The largest absolute Gasteiger partial charge is 0.494 e. The van der Waals surface area contributed by atoms with Gasteiger partial charge in [0.05, 0.1) is 12.3 Å². The number of benzene rings is 1. The lowest BCUT2D eigenvalue weighted by Crippen LogP contribution is -2.20. The van der Waals surface area contributed by atoms with Gasteiger partial charge in [-0.25, -0.2) is 4.98 Å². The van der Waals surface area contributed by atoms with Gasteiger partial charge in [0.2, 0.25) is 0 Å². The first-order valence-corrected chi connectivity index (χ1v) is 7.42. The summed E-state index contributed by atoms with van der Waals surface area (Å²) in [4.78, 5) is 15.0. The first-order chi connectivity index (χ1) is 10.1. The Balaban J connectivity index is 2.00. The number of nitrogens with two attached hydrogens (primary N) is 1. The zero-order chi connectivity index (χ0) is 15.2. The topological polar surface area (TPSA) is 97.5 Å². The van der Waals surface area contributed by atoms with E-state index in [4.69, 9.17) is 15.6 Å². The maximum absolute atomic E-state index is 10.8. The van der Waals surface area contributed by atoms with Crippen LogP contribution in [0.3, 0.4) is 0 Å². The fourth-order valence-corrected chi connectivity index (χ4v) is 2.36. The molecule has 6 nitrogen and oxygen atoms in total. The van der Waals surface area contributed by atoms with E-state index in [9.17, 15) is 4.79 Å². The van der Waals surface area contributed by atoms with Crippen molar-refractivity contribution >= 4 is 28.1 Å². The second-order valence-electron chi connectivity index (χ2n) is 4.39. The van der Waals surface area contributed by atoms with Crippen molar-refractivity contribution in [2.75, 3.05) is 11.9 Å². The molecule has 21 heavy (non-hydrogen) atoms.